The van der Waals surface area contributed by atoms with E-state index in [0.717, 1.165) is 23.5 Å². The molecule has 30 heavy (non-hydrogen) atoms. The first-order valence-corrected chi connectivity index (χ1v) is 11.4. The van der Waals surface area contributed by atoms with Crippen LogP contribution in [0.15, 0.2) is 65.7 Å². The van der Waals surface area contributed by atoms with E-state index in [4.69, 9.17) is 0 Å². The minimum atomic E-state index is -4.16. The SMILES string of the molecule is CC(C)[C@H](NS(=O)(=O)c1ccccc1F)C(=O)NCCCn1ccc2ccccc21. The summed E-state index contributed by atoms with van der Waals surface area (Å²) in [6.07, 6.45) is 2.70. The summed E-state index contributed by atoms with van der Waals surface area (Å²) in [7, 11) is -4.16. The fraction of sp³-hybridized carbons (Fsp3) is 0.318. The zero-order valence-electron chi connectivity index (χ0n) is 17.0. The van der Waals surface area contributed by atoms with Gasteiger partial charge in [0.15, 0.2) is 0 Å². The van der Waals surface area contributed by atoms with Crippen molar-refractivity contribution in [2.24, 2.45) is 5.92 Å². The summed E-state index contributed by atoms with van der Waals surface area (Å²) in [4.78, 5) is 12.1. The van der Waals surface area contributed by atoms with Crippen LogP contribution in [0.2, 0.25) is 0 Å². The number of nitrogens with one attached hydrogen (secondary N) is 2. The van der Waals surface area contributed by atoms with E-state index in [2.05, 4.69) is 14.6 Å². The van der Waals surface area contributed by atoms with Crippen LogP contribution >= 0.6 is 0 Å². The number of rotatable bonds is 9. The average Bonchev–Trinajstić information content (AvgIpc) is 3.12. The molecule has 0 radical (unpaired) electrons. The highest BCUT2D eigenvalue weighted by Crippen LogP contribution is 2.16. The molecule has 2 aromatic carbocycles. The van der Waals surface area contributed by atoms with Crippen molar-refractivity contribution >= 4 is 26.8 Å². The Bertz CT molecular complexity index is 1130. The van der Waals surface area contributed by atoms with Crippen molar-refractivity contribution in [1.82, 2.24) is 14.6 Å². The Morgan fingerprint density at radius 2 is 1.77 bits per heavy atom. The molecule has 0 saturated carbocycles. The van der Waals surface area contributed by atoms with Crippen LogP contribution in [0.25, 0.3) is 10.9 Å². The Labute approximate surface area is 176 Å². The van der Waals surface area contributed by atoms with Gasteiger partial charge in [0, 0.05) is 24.8 Å². The van der Waals surface area contributed by atoms with Crippen molar-refractivity contribution in [1.29, 1.82) is 0 Å². The summed E-state index contributed by atoms with van der Waals surface area (Å²) in [5.41, 5.74) is 1.13. The maximum absolute atomic E-state index is 13.9. The minimum absolute atomic E-state index is 0.306. The highest BCUT2D eigenvalue weighted by molar-refractivity contribution is 7.89. The van der Waals surface area contributed by atoms with Gasteiger partial charge in [-0.3, -0.25) is 4.79 Å². The molecule has 160 valence electrons. The van der Waals surface area contributed by atoms with Crippen LogP contribution in [0, 0.1) is 11.7 Å². The monoisotopic (exact) mass is 431 g/mol. The van der Waals surface area contributed by atoms with Crippen LogP contribution in [0.4, 0.5) is 4.39 Å². The van der Waals surface area contributed by atoms with E-state index in [1.54, 1.807) is 13.8 Å². The number of para-hydroxylation sites is 1. The van der Waals surface area contributed by atoms with Crippen LogP contribution in [0.5, 0.6) is 0 Å². The minimum Gasteiger partial charge on any atom is -0.355 e. The first kappa shape index (κ1) is 22.0. The molecule has 1 aromatic heterocycles. The lowest BCUT2D eigenvalue weighted by Gasteiger charge is -2.22. The highest BCUT2D eigenvalue weighted by Gasteiger charge is 2.29. The van der Waals surface area contributed by atoms with Crippen LogP contribution in [-0.2, 0) is 21.4 Å². The van der Waals surface area contributed by atoms with Crippen molar-refractivity contribution in [3.05, 3.63) is 66.6 Å². The number of carbonyl (C=O) groups excluding carboxylic acids is 1. The van der Waals surface area contributed by atoms with E-state index in [0.29, 0.717) is 13.0 Å². The number of sulfonamides is 1. The molecule has 6 nitrogen and oxygen atoms in total. The van der Waals surface area contributed by atoms with E-state index >= 15 is 0 Å². The number of aryl methyl sites for hydroxylation is 1. The van der Waals surface area contributed by atoms with E-state index in [-0.39, 0.29) is 5.92 Å². The van der Waals surface area contributed by atoms with E-state index < -0.39 is 32.7 Å². The van der Waals surface area contributed by atoms with Crippen molar-refractivity contribution in [3.8, 4) is 0 Å². The highest BCUT2D eigenvalue weighted by atomic mass is 32.2. The van der Waals surface area contributed by atoms with Gasteiger partial charge < -0.3 is 9.88 Å². The second kappa shape index (κ2) is 9.40. The number of hydrogen-bond donors (Lipinski definition) is 2. The molecule has 0 bridgehead atoms. The molecule has 0 spiro atoms. The molecule has 1 heterocycles. The molecule has 3 rings (SSSR count). The largest absolute Gasteiger partial charge is 0.355 e. The first-order valence-electron chi connectivity index (χ1n) is 9.88. The van der Waals surface area contributed by atoms with Crippen molar-refractivity contribution in [2.75, 3.05) is 6.54 Å². The van der Waals surface area contributed by atoms with E-state index in [9.17, 15) is 17.6 Å². The van der Waals surface area contributed by atoms with Gasteiger partial charge >= 0.3 is 0 Å². The van der Waals surface area contributed by atoms with Gasteiger partial charge in [-0.25, -0.2) is 12.8 Å². The van der Waals surface area contributed by atoms with Gasteiger partial charge in [0.1, 0.15) is 16.8 Å². The molecule has 3 aromatic rings. The Balaban J connectivity index is 1.58. The molecule has 0 aliphatic heterocycles. The molecule has 1 atom stereocenters. The second-order valence-electron chi connectivity index (χ2n) is 7.49. The van der Waals surface area contributed by atoms with Gasteiger partial charge in [0.25, 0.3) is 0 Å². The van der Waals surface area contributed by atoms with Crippen LogP contribution in [-0.4, -0.2) is 31.5 Å². The zero-order chi connectivity index (χ0) is 21.7. The summed E-state index contributed by atoms with van der Waals surface area (Å²) in [5.74, 6) is -1.59. The molecule has 1 amide bonds. The predicted octanol–water partition coefficient (Wildman–Crippen LogP) is 3.29. The number of aromatic nitrogens is 1. The third kappa shape index (κ3) is 5.06. The van der Waals surface area contributed by atoms with Gasteiger partial charge in [-0.15, -0.1) is 0 Å². The Morgan fingerprint density at radius 1 is 1.07 bits per heavy atom. The molecule has 0 aliphatic carbocycles. The van der Waals surface area contributed by atoms with Crippen LogP contribution in [0.3, 0.4) is 0 Å². The number of nitrogens with zero attached hydrogens (tertiary/aromatic N) is 1. The van der Waals surface area contributed by atoms with Crippen molar-refractivity contribution < 1.29 is 17.6 Å². The third-order valence-corrected chi connectivity index (χ3v) is 6.39. The zero-order valence-corrected chi connectivity index (χ0v) is 17.8. The quantitative estimate of drug-likeness (QED) is 0.510. The maximum atomic E-state index is 13.9. The van der Waals surface area contributed by atoms with Gasteiger partial charge in [-0.1, -0.05) is 44.2 Å². The topological polar surface area (TPSA) is 80.2 Å². The fourth-order valence-corrected chi connectivity index (χ4v) is 4.72. The molecular formula is C22H26FN3O3S. The number of carbonyl (C=O) groups is 1. The summed E-state index contributed by atoms with van der Waals surface area (Å²) >= 11 is 0. The fourth-order valence-electron chi connectivity index (χ4n) is 3.29. The van der Waals surface area contributed by atoms with Crippen LogP contribution in [0.1, 0.15) is 20.3 Å². The molecule has 0 saturated heterocycles. The van der Waals surface area contributed by atoms with Crippen molar-refractivity contribution in [3.63, 3.8) is 0 Å². The predicted molar refractivity (Wildman–Crippen MR) is 115 cm³/mol. The molecule has 0 unspecified atom stereocenters. The lowest BCUT2D eigenvalue weighted by atomic mass is 10.1. The Kier molecular flexibility index (Phi) is 6.89. The number of hydrogen-bond acceptors (Lipinski definition) is 3. The Hall–Kier alpha value is -2.71. The molecule has 2 N–H and O–H groups in total. The van der Waals surface area contributed by atoms with Gasteiger partial charge in [0.2, 0.25) is 15.9 Å². The number of halogens is 1. The molecule has 0 fully saturated rings. The summed E-state index contributed by atoms with van der Waals surface area (Å²) < 4.78 is 43.5. The lowest BCUT2D eigenvalue weighted by molar-refractivity contribution is -0.123. The summed E-state index contributed by atoms with van der Waals surface area (Å²) in [6, 6.07) is 14.2. The van der Waals surface area contributed by atoms with Crippen LogP contribution < -0.4 is 10.0 Å². The first-order chi connectivity index (χ1) is 14.3. The van der Waals surface area contributed by atoms with Gasteiger partial charge in [-0.2, -0.15) is 4.72 Å². The normalized spacial score (nSPS) is 12.9. The van der Waals surface area contributed by atoms with E-state index in [1.165, 1.54) is 18.2 Å². The number of amides is 1. The third-order valence-electron chi connectivity index (χ3n) is 4.91. The second-order valence-corrected chi connectivity index (χ2v) is 9.17. The van der Waals surface area contributed by atoms with Crippen molar-refractivity contribution in [2.45, 2.75) is 37.8 Å². The van der Waals surface area contributed by atoms with Gasteiger partial charge in [-0.05, 0) is 42.0 Å². The standard InChI is InChI=1S/C22H26FN3O3S/c1-16(2)21(25-30(28,29)20-11-6-4-9-18(20)23)22(27)24-13-7-14-26-15-12-17-8-3-5-10-19(17)26/h3-6,8-12,15-16,21,25H,7,13-14H2,1-2H3,(H,24,27)/t21-/m0/s1. The number of fused-ring (bicyclic) bond motifs is 1. The molecule has 8 heteroatoms. The maximum Gasteiger partial charge on any atom is 0.244 e. The van der Waals surface area contributed by atoms with E-state index in [1.807, 2.05) is 36.5 Å². The van der Waals surface area contributed by atoms with Gasteiger partial charge in [0.05, 0.1) is 0 Å². The summed E-state index contributed by atoms with van der Waals surface area (Å²) in [6.45, 7) is 4.59. The Morgan fingerprint density at radius 3 is 2.50 bits per heavy atom. The molecule has 0 aliphatic rings. The summed E-state index contributed by atoms with van der Waals surface area (Å²) in [5, 5.41) is 3.95. The number of benzene rings is 2. The smallest absolute Gasteiger partial charge is 0.244 e. The molecular weight excluding hydrogens is 405 g/mol. The lowest BCUT2D eigenvalue weighted by Crippen LogP contribution is -2.49. The average molecular weight is 432 g/mol.